The summed E-state index contributed by atoms with van der Waals surface area (Å²) in [6.45, 7) is 8.79. The molecule has 26 heavy (non-hydrogen) atoms. The highest BCUT2D eigenvalue weighted by atomic mass is 14.5. The quantitative estimate of drug-likeness (QED) is 0.590. The van der Waals surface area contributed by atoms with Gasteiger partial charge in [0.05, 0.1) is 0 Å². The van der Waals surface area contributed by atoms with Crippen LogP contribution < -0.4 is 11.5 Å². The van der Waals surface area contributed by atoms with Gasteiger partial charge in [-0.15, -0.1) is 0 Å². The molecular weight excluding hydrogens is 316 g/mol. The summed E-state index contributed by atoms with van der Waals surface area (Å²) >= 11 is 0. The largest absolute Gasteiger partial charge is 0.399 e. The van der Waals surface area contributed by atoms with Crippen LogP contribution in [-0.4, -0.2) is 0 Å². The number of nitrogen functional groups attached to an aromatic ring is 2. The van der Waals surface area contributed by atoms with Crippen LogP contribution >= 0.6 is 0 Å². The fourth-order valence-electron chi connectivity index (χ4n) is 3.71. The standard InChI is InChI=1S/C24H28N2/c1-15-8-10-21(25)13-23(15)17(3)19-6-5-7-20(12-19)18(4)24-14-22(26)11-9-16(24)2/h5-14,17-18H,25-26H2,1-4H3. The van der Waals surface area contributed by atoms with E-state index in [1.165, 1.54) is 33.4 Å². The van der Waals surface area contributed by atoms with Gasteiger partial charge in [0.2, 0.25) is 0 Å². The van der Waals surface area contributed by atoms with Gasteiger partial charge in [0.25, 0.3) is 0 Å². The summed E-state index contributed by atoms with van der Waals surface area (Å²) in [5, 5.41) is 0. The fraction of sp³-hybridized carbons (Fsp3) is 0.250. The van der Waals surface area contributed by atoms with Gasteiger partial charge < -0.3 is 11.5 Å². The Morgan fingerprint density at radius 2 is 1.04 bits per heavy atom. The van der Waals surface area contributed by atoms with Gasteiger partial charge in [-0.3, -0.25) is 0 Å². The highest BCUT2D eigenvalue weighted by Crippen LogP contribution is 2.33. The Hall–Kier alpha value is -2.74. The maximum absolute atomic E-state index is 6.02. The molecule has 0 fully saturated rings. The van der Waals surface area contributed by atoms with Crippen molar-refractivity contribution in [1.82, 2.24) is 0 Å². The summed E-state index contributed by atoms with van der Waals surface area (Å²) < 4.78 is 0. The van der Waals surface area contributed by atoms with E-state index in [0.29, 0.717) is 11.8 Å². The van der Waals surface area contributed by atoms with E-state index >= 15 is 0 Å². The lowest BCUT2D eigenvalue weighted by atomic mass is 9.85. The fourth-order valence-corrected chi connectivity index (χ4v) is 3.71. The third kappa shape index (κ3) is 3.60. The summed E-state index contributed by atoms with van der Waals surface area (Å²) in [5.74, 6) is 0.597. The van der Waals surface area contributed by atoms with Crippen LogP contribution in [-0.2, 0) is 0 Å². The number of hydrogen-bond donors (Lipinski definition) is 2. The molecule has 0 radical (unpaired) electrons. The Balaban J connectivity index is 1.97. The molecule has 0 aliphatic rings. The van der Waals surface area contributed by atoms with Crippen molar-refractivity contribution in [2.75, 3.05) is 11.5 Å². The number of nitrogens with two attached hydrogens (primary N) is 2. The van der Waals surface area contributed by atoms with Crippen LogP contribution in [0.25, 0.3) is 0 Å². The van der Waals surface area contributed by atoms with Gasteiger partial charge in [0, 0.05) is 23.2 Å². The number of benzene rings is 3. The molecule has 134 valence electrons. The summed E-state index contributed by atoms with van der Waals surface area (Å²) in [6.07, 6.45) is 0. The van der Waals surface area contributed by atoms with Crippen LogP contribution in [0, 0.1) is 13.8 Å². The van der Waals surface area contributed by atoms with Crippen molar-refractivity contribution in [3.63, 3.8) is 0 Å². The minimum Gasteiger partial charge on any atom is -0.399 e. The van der Waals surface area contributed by atoms with Crippen molar-refractivity contribution in [3.05, 3.63) is 94.0 Å². The van der Waals surface area contributed by atoms with Crippen molar-refractivity contribution in [1.29, 1.82) is 0 Å². The average molecular weight is 345 g/mol. The first-order chi connectivity index (χ1) is 12.4. The molecule has 2 heteroatoms. The van der Waals surface area contributed by atoms with Crippen molar-refractivity contribution < 1.29 is 0 Å². The van der Waals surface area contributed by atoms with Crippen molar-refractivity contribution in [3.8, 4) is 0 Å². The van der Waals surface area contributed by atoms with Crippen molar-refractivity contribution in [2.24, 2.45) is 0 Å². The molecule has 2 nitrogen and oxygen atoms in total. The molecule has 2 atom stereocenters. The molecule has 0 aliphatic heterocycles. The Bertz CT molecular complexity index is 854. The predicted molar refractivity (Wildman–Crippen MR) is 113 cm³/mol. The second-order valence-corrected chi connectivity index (χ2v) is 7.35. The van der Waals surface area contributed by atoms with E-state index in [0.717, 1.165) is 11.4 Å². The van der Waals surface area contributed by atoms with E-state index in [9.17, 15) is 0 Å². The van der Waals surface area contributed by atoms with Gasteiger partial charge in [-0.1, -0.05) is 50.2 Å². The monoisotopic (exact) mass is 344 g/mol. The zero-order valence-electron chi connectivity index (χ0n) is 16.1. The molecule has 0 aliphatic carbocycles. The molecule has 3 aromatic rings. The van der Waals surface area contributed by atoms with E-state index < -0.39 is 0 Å². The van der Waals surface area contributed by atoms with Crippen LogP contribution in [0.15, 0.2) is 60.7 Å². The molecular formula is C24H28N2. The molecule has 3 rings (SSSR count). The van der Waals surface area contributed by atoms with E-state index in [4.69, 9.17) is 11.5 Å². The normalized spacial score (nSPS) is 13.4. The lowest BCUT2D eigenvalue weighted by molar-refractivity contribution is 0.877. The molecule has 0 saturated carbocycles. The van der Waals surface area contributed by atoms with Gasteiger partial charge in [-0.25, -0.2) is 0 Å². The summed E-state index contributed by atoms with van der Waals surface area (Å²) in [6, 6.07) is 21.2. The zero-order valence-corrected chi connectivity index (χ0v) is 16.1. The Morgan fingerprint density at radius 1 is 0.615 bits per heavy atom. The Kier molecular flexibility index (Phi) is 5.03. The van der Waals surface area contributed by atoms with E-state index in [2.05, 4.69) is 76.2 Å². The minimum atomic E-state index is 0.299. The first kappa shape index (κ1) is 18.1. The van der Waals surface area contributed by atoms with Gasteiger partial charge in [0.15, 0.2) is 0 Å². The first-order valence-corrected chi connectivity index (χ1v) is 9.18. The van der Waals surface area contributed by atoms with Gasteiger partial charge in [0.1, 0.15) is 0 Å². The zero-order chi connectivity index (χ0) is 18.8. The lowest BCUT2D eigenvalue weighted by Gasteiger charge is -2.20. The maximum Gasteiger partial charge on any atom is 0.0317 e. The highest BCUT2D eigenvalue weighted by Gasteiger charge is 2.15. The van der Waals surface area contributed by atoms with Crippen LogP contribution in [0.1, 0.15) is 59.1 Å². The second kappa shape index (κ2) is 7.25. The van der Waals surface area contributed by atoms with Gasteiger partial charge >= 0.3 is 0 Å². The van der Waals surface area contributed by atoms with E-state index in [1.54, 1.807) is 0 Å². The van der Waals surface area contributed by atoms with Crippen molar-refractivity contribution in [2.45, 2.75) is 39.5 Å². The third-order valence-corrected chi connectivity index (χ3v) is 5.45. The molecule has 0 heterocycles. The first-order valence-electron chi connectivity index (χ1n) is 9.18. The molecule has 0 aromatic heterocycles. The summed E-state index contributed by atoms with van der Waals surface area (Å²) in [7, 11) is 0. The van der Waals surface area contributed by atoms with Crippen molar-refractivity contribution >= 4 is 11.4 Å². The predicted octanol–water partition coefficient (Wildman–Crippen LogP) is 5.77. The van der Waals surface area contributed by atoms with Crippen LogP contribution in [0.4, 0.5) is 11.4 Å². The number of anilines is 2. The number of aryl methyl sites for hydroxylation is 2. The Labute approximate surface area is 156 Å². The number of rotatable bonds is 4. The molecule has 0 amide bonds. The van der Waals surface area contributed by atoms with E-state index in [-0.39, 0.29) is 0 Å². The molecule has 0 spiro atoms. The molecule has 0 saturated heterocycles. The summed E-state index contributed by atoms with van der Waals surface area (Å²) in [5.41, 5.74) is 21.4. The molecule has 3 aromatic carbocycles. The number of hydrogen-bond acceptors (Lipinski definition) is 2. The second-order valence-electron chi connectivity index (χ2n) is 7.35. The Morgan fingerprint density at radius 3 is 1.46 bits per heavy atom. The molecule has 2 unspecified atom stereocenters. The highest BCUT2D eigenvalue weighted by molar-refractivity contribution is 5.50. The van der Waals surface area contributed by atoms with Gasteiger partial charge in [-0.2, -0.15) is 0 Å². The smallest absolute Gasteiger partial charge is 0.0317 e. The van der Waals surface area contributed by atoms with Crippen LogP contribution in [0.3, 0.4) is 0 Å². The lowest BCUT2D eigenvalue weighted by Crippen LogP contribution is -2.04. The molecule has 0 bridgehead atoms. The van der Waals surface area contributed by atoms with Gasteiger partial charge in [-0.05, 0) is 71.5 Å². The van der Waals surface area contributed by atoms with E-state index in [1.807, 2.05) is 12.1 Å². The summed E-state index contributed by atoms with van der Waals surface area (Å²) in [4.78, 5) is 0. The van der Waals surface area contributed by atoms with Crippen LogP contribution in [0.5, 0.6) is 0 Å². The topological polar surface area (TPSA) is 52.0 Å². The van der Waals surface area contributed by atoms with Crippen LogP contribution in [0.2, 0.25) is 0 Å². The molecule has 4 N–H and O–H groups in total. The average Bonchev–Trinajstić information content (AvgIpc) is 2.64. The maximum atomic E-state index is 6.02. The minimum absolute atomic E-state index is 0.299. The third-order valence-electron chi connectivity index (χ3n) is 5.45. The SMILES string of the molecule is Cc1ccc(N)cc1C(C)c1cccc(C(C)c2cc(N)ccc2C)c1.